The molecule has 132 valence electrons. The number of urea groups is 1. The van der Waals surface area contributed by atoms with E-state index in [1.807, 2.05) is 0 Å². The summed E-state index contributed by atoms with van der Waals surface area (Å²) in [5.41, 5.74) is -3.79. The van der Waals surface area contributed by atoms with Crippen LogP contribution < -0.4 is 10.6 Å². The zero-order valence-electron chi connectivity index (χ0n) is 12.6. The van der Waals surface area contributed by atoms with Crippen LogP contribution in [0.15, 0.2) is 53.1 Å². The minimum atomic E-state index is -5.29. The molecular formula is C16H13F3N2O4. The minimum absolute atomic E-state index is 0.0373. The summed E-state index contributed by atoms with van der Waals surface area (Å²) in [6.45, 7) is 0. The number of Topliss-reactive ketones (excluding diaryl/α,β-unsaturated/α-hetero) is 1. The molecule has 1 saturated heterocycles. The van der Waals surface area contributed by atoms with Crippen molar-refractivity contribution in [1.82, 2.24) is 10.6 Å². The maximum Gasteiger partial charge on any atom is 0.437 e. The summed E-state index contributed by atoms with van der Waals surface area (Å²) in [6, 6.07) is 7.17. The number of ketones is 1. The normalized spacial score (nSPS) is 26.6. The van der Waals surface area contributed by atoms with E-state index in [9.17, 15) is 27.9 Å². The van der Waals surface area contributed by atoms with Crippen molar-refractivity contribution in [2.24, 2.45) is 5.92 Å². The Morgan fingerprint density at radius 1 is 1.16 bits per heavy atom. The number of hydrogen-bond acceptors (Lipinski definition) is 4. The van der Waals surface area contributed by atoms with Crippen molar-refractivity contribution in [3.8, 4) is 0 Å². The number of amides is 2. The van der Waals surface area contributed by atoms with Crippen LogP contribution in [0.25, 0.3) is 0 Å². The van der Waals surface area contributed by atoms with Crippen LogP contribution in [0.4, 0.5) is 18.0 Å². The van der Waals surface area contributed by atoms with E-state index in [0.29, 0.717) is 0 Å². The van der Waals surface area contributed by atoms with Gasteiger partial charge in [0.05, 0.1) is 6.26 Å². The van der Waals surface area contributed by atoms with Gasteiger partial charge >= 0.3 is 12.2 Å². The largest absolute Gasteiger partial charge is 0.467 e. The first kappa shape index (κ1) is 17.0. The van der Waals surface area contributed by atoms with E-state index >= 15 is 0 Å². The van der Waals surface area contributed by atoms with Crippen molar-refractivity contribution in [3.05, 3.63) is 60.1 Å². The van der Waals surface area contributed by atoms with Gasteiger partial charge in [-0.15, -0.1) is 0 Å². The molecule has 9 heteroatoms. The van der Waals surface area contributed by atoms with Gasteiger partial charge in [0.2, 0.25) is 5.72 Å². The Hall–Kier alpha value is -2.81. The van der Waals surface area contributed by atoms with Gasteiger partial charge in [-0.2, -0.15) is 13.2 Å². The molecule has 0 saturated carbocycles. The molecule has 0 radical (unpaired) electrons. The lowest BCUT2D eigenvalue weighted by molar-refractivity contribution is -0.288. The molecule has 1 aromatic carbocycles. The minimum Gasteiger partial charge on any atom is -0.467 e. The van der Waals surface area contributed by atoms with Gasteiger partial charge in [0.1, 0.15) is 17.7 Å². The SMILES string of the molecule is O=C1N[C@H](c2ccco2)[C@H](C(=O)c2ccccc2)[C@](O)(C(F)(F)F)N1. The van der Waals surface area contributed by atoms with Gasteiger partial charge in [-0.1, -0.05) is 30.3 Å². The highest BCUT2D eigenvalue weighted by atomic mass is 19.4. The molecule has 2 aromatic rings. The second-order valence-corrected chi connectivity index (χ2v) is 5.56. The summed E-state index contributed by atoms with van der Waals surface area (Å²) < 4.78 is 45.8. The standard InChI is InChI=1S/C16H13F3N2O4/c17-16(18,19)15(24)11(13(22)9-5-2-1-3-6-9)12(20-14(23)21-15)10-7-4-8-25-10/h1-8,11-12,24H,(H2,20,21,23)/t11-,12-,15+/m1/s1. The van der Waals surface area contributed by atoms with Crippen molar-refractivity contribution >= 4 is 11.8 Å². The van der Waals surface area contributed by atoms with Crippen LogP contribution in [0, 0.1) is 5.92 Å². The summed E-state index contributed by atoms with van der Waals surface area (Å²) in [4.78, 5) is 24.5. The molecule has 3 N–H and O–H groups in total. The third-order valence-corrected chi connectivity index (χ3v) is 4.00. The fourth-order valence-corrected chi connectivity index (χ4v) is 2.83. The van der Waals surface area contributed by atoms with Gasteiger partial charge in [-0.3, -0.25) is 4.79 Å². The van der Waals surface area contributed by atoms with Crippen molar-refractivity contribution in [2.75, 3.05) is 0 Å². The number of hydrogen-bond donors (Lipinski definition) is 3. The fraction of sp³-hybridized carbons (Fsp3) is 0.250. The molecular weight excluding hydrogens is 341 g/mol. The number of alkyl halides is 3. The lowest BCUT2D eigenvalue weighted by Gasteiger charge is -2.44. The van der Waals surface area contributed by atoms with E-state index < -0.39 is 35.7 Å². The van der Waals surface area contributed by atoms with E-state index in [-0.39, 0.29) is 11.3 Å². The molecule has 2 amide bonds. The monoisotopic (exact) mass is 354 g/mol. The molecule has 0 bridgehead atoms. The van der Waals surface area contributed by atoms with Crippen molar-refractivity contribution in [3.63, 3.8) is 0 Å². The second kappa shape index (κ2) is 5.92. The third kappa shape index (κ3) is 2.86. The first-order valence-electron chi connectivity index (χ1n) is 7.24. The van der Waals surface area contributed by atoms with Crippen LogP contribution in [-0.2, 0) is 0 Å². The number of nitrogens with one attached hydrogen (secondary N) is 2. The maximum atomic E-state index is 13.6. The smallest absolute Gasteiger partial charge is 0.437 e. The quantitative estimate of drug-likeness (QED) is 0.738. The molecule has 1 aromatic heterocycles. The first-order chi connectivity index (χ1) is 11.7. The number of carbonyl (C=O) groups excluding carboxylic acids is 2. The number of aliphatic hydroxyl groups is 1. The van der Waals surface area contributed by atoms with Gasteiger partial charge in [-0.25, -0.2) is 4.79 Å². The Morgan fingerprint density at radius 3 is 2.40 bits per heavy atom. The number of benzene rings is 1. The molecule has 2 heterocycles. The highest BCUT2D eigenvalue weighted by Gasteiger charge is 2.66. The zero-order chi connectivity index (χ0) is 18.2. The fourth-order valence-electron chi connectivity index (χ4n) is 2.83. The molecule has 3 atom stereocenters. The maximum absolute atomic E-state index is 13.6. The van der Waals surface area contributed by atoms with Gasteiger partial charge in [0.15, 0.2) is 5.78 Å². The lowest BCUT2D eigenvalue weighted by atomic mass is 9.79. The summed E-state index contributed by atoms with van der Waals surface area (Å²) >= 11 is 0. The van der Waals surface area contributed by atoms with E-state index in [0.717, 1.165) is 0 Å². The van der Waals surface area contributed by atoms with E-state index in [2.05, 4.69) is 5.32 Å². The topological polar surface area (TPSA) is 91.6 Å². The summed E-state index contributed by atoms with van der Waals surface area (Å²) in [6.07, 6.45) is -4.09. The van der Waals surface area contributed by atoms with Gasteiger partial charge in [0.25, 0.3) is 0 Å². The Labute approximate surface area is 139 Å². The highest BCUT2D eigenvalue weighted by Crippen LogP contribution is 2.43. The van der Waals surface area contributed by atoms with Crippen LogP contribution in [0.2, 0.25) is 0 Å². The highest BCUT2D eigenvalue weighted by molar-refractivity contribution is 6.00. The molecule has 1 aliphatic heterocycles. The number of rotatable bonds is 3. The predicted molar refractivity (Wildman–Crippen MR) is 78.4 cm³/mol. The molecule has 6 nitrogen and oxygen atoms in total. The molecule has 25 heavy (non-hydrogen) atoms. The zero-order valence-corrected chi connectivity index (χ0v) is 12.6. The number of halogens is 3. The Morgan fingerprint density at radius 2 is 1.84 bits per heavy atom. The lowest BCUT2D eigenvalue weighted by Crippen LogP contribution is -2.72. The van der Waals surface area contributed by atoms with Crippen LogP contribution >= 0.6 is 0 Å². The van der Waals surface area contributed by atoms with E-state index in [1.54, 1.807) is 6.07 Å². The van der Waals surface area contributed by atoms with Crippen molar-refractivity contribution in [1.29, 1.82) is 0 Å². The van der Waals surface area contributed by atoms with Gasteiger partial charge < -0.3 is 20.2 Å². The summed E-state index contributed by atoms with van der Waals surface area (Å²) in [5, 5.41) is 13.9. The predicted octanol–water partition coefficient (Wildman–Crippen LogP) is 2.38. The van der Waals surface area contributed by atoms with Crippen molar-refractivity contribution < 1.29 is 32.3 Å². The number of furan rings is 1. The number of carbonyl (C=O) groups is 2. The van der Waals surface area contributed by atoms with Crippen LogP contribution in [0.1, 0.15) is 22.2 Å². The van der Waals surface area contributed by atoms with Crippen molar-refractivity contribution in [2.45, 2.75) is 17.9 Å². The molecule has 0 unspecified atom stereocenters. The molecule has 0 spiro atoms. The van der Waals surface area contributed by atoms with E-state index in [4.69, 9.17) is 4.42 Å². The van der Waals surface area contributed by atoms with Gasteiger partial charge in [-0.05, 0) is 12.1 Å². The average molecular weight is 354 g/mol. The van der Waals surface area contributed by atoms with Crippen LogP contribution in [0.3, 0.4) is 0 Å². The van der Waals surface area contributed by atoms with Crippen LogP contribution in [0.5, 0.6) is 0 Å². The molecule has 1 fully saturated rings. The molecule has 0 aliphatic carbocycles. The Kier molecular flexibility index (Phi) is 4.03. The Bertz CT molecular complexity index is 776. The second-order valence-electron chi connectivity index (χ2n) is 5.56. The average Bonchev–Trinajstić information content (AvgIpc) is 3.08. The Balaban J connectivity index is 2.14. The van der Waals surface area contributed by atoms with E-state index in [1.165, 1.54) is 48.0 Å². The summed E-state index contributed by atoms with van der Waals surface area (Å²) in [7, 11) is 0. The first-order valence-corrected chi connectivity index (χ1v) is 7.24. The molecule has 1 aliphatic rings. The van der Waals surface area contributed by atoms with Gasteiger partial charge in [0, 0.05) is 5.56 Å². The summed E-state index contributed by atoms with van der Waals surface area (Å²) in [5.74, 6) is -3.15. The molecule has 3 rings (SSSR count). The third-order valence-electron chi connectivity index (χ3n) is 4.00. The van der Waals surface area contributed by atoms with Crippen LogP contribution in [-0.4, -0.2) is 28.8 Å².